The molecule has 0 aliphatic heterocycles. The second kappa shape index (κ2) is 13.3. The van der Waals surface area contributed by atoms with E-state index in [-0.39, 0.29) is 17.3 Å². The van der Waals surface area contributed by atoms with E-state index in [1.54, 1.807) is 62.4 Å². The van der Waals surface area contributed by atoms with Crippen LogP contribution in [-0.4, -0.2) is 44.3 Å². The highest BCUT2D eigenvalue weighted by Gasteiger charge is 2.33. The third kappa shape index (κ3) is 7.32. The van der Waals surface area contributed by atoms with Crippen LogP contribution in [0, 0.1) is 13.8 Å². The highest BCUT2D eigenvalue weighted by molar-refractivity contribution is 7.92. The smallest absolute Gasteiger partial charge is 0.264 e. The maximum absolute atomic E-state index is 14.0. The molecule has 0 aromatic heterocycles. The first kappa shape index (κ1) is 30.5. The Balaban J connectivity index is 2.08. The molecular formula is C29H33Cl2N3O4S. The minimum absolute atomic E-state index is 0.0392. The third-order valence-electron chi connectivity index (χ3n) is 6.46. The lowest BCUT2D eigenvalue weighted by Gasteiger charge is -2.33. The van der Waals surface area contributed by atoms with Crippen LogP contribution in [0.25, 0.3) is 0 Å². The standard InChI is InChI=1S/C29H33Cl2N3O4S/c1-5-27(29(36)32-6-2)33(18-22-13-15-25(30)26(31)17-22)28(35)19-34(23-14-12-20(3)21(4)16-23)39(37,38)24-10-8-7-9-11-24/h7-17,27H,5-6,18-19H2,1-4H3,(H,32,36)/t27-/m0/s1. The van der Waals surface area contributed by atoms with Crippen LogP contribution in [0.15, 0.2) is 71.6 Å². The number of carbonyl (C=O) groups excluding carboxylic acids is 2. The van der Waals surface area contributed by atoms with Gasteiger partial charge in [-0.25, -0.2) is 8.42 Å². The molecule has 3 aromatic carbocycles. The average Bonchev–Trinajstić information content (AvgIpc) is 2.91. The maximum Gasteiger partial charge on any atom is 0.264 e. The van der Waals surface area contributed by atoms with Crippen molar-refractivity contribution in [3.8, 4) is 0 Å². The summed E-state index contributed by atoms with van der Waals surface area (Å²) < 4.78 is 28.8. The molecule has 10 heteroatoms. The van der Waals surface area contributed by atoms with E-state index >= 15 is 0 Å². The van der Waals surface area contributed by atoms with Crippen molar-refractivity contribution >= 4 is 50.7 Å². The Morgan fingerprint density at radius 3 is 2.18 bits per heavy atom. The van der Waals surface area contributed by atoms with Gasteiger partial charge in [0.15, 0.2) is 0 Å². The van der Waals surface area contributed by atoms with E-state index in [0.717, 1.165) is 15.4 Å². The lowest BCUT2D eigenvalue weighted by molar-refractivity contribution is -0.140. The van der Waals surface area contributed by atoms with E-state index in [1.165, 1.54) is 17.0 Å². The summed E-state index contributed by atoms with van der Waals surface area (Å²) in [4.78, 5) is 28.5. The molecule has 0 heterocycles. The maximum atomic E-state index is 14.0. The van der Waals surface area contributed by atoms with Gasteiger partial charge in [-0.2, -0.15) is 0 Å². The predicted octanol–water partition coefficient (Wildman–Crippen LogP) is 5.75. The SMILES string of the molecule is CCNC(=O)[C@H](CC)N(Cc1ccc(Cl)c(Cl)c1)C(=O)CN(c1ccc(C)c(C)c1)S(=O)(=O)c1ccccc1. The van der Waals surface area contributed by atoms with Crippen LogP contribution < -0.4 is 9.62 Å². The monoisotopic (exact) mass is 589 g/mol. The van der Waals surface area contributed by atoms with E-state index in [9.17, 15) is 18.0 Å². The number of hydrogen-bond acceptors (Lipinski definition) is 4. The fourth-order valence-corrected chi connectivity index (χ4v) is 5.92. The summed E-state index contributed by atoms with van der Waals surface area (Å²) in [5.74, 6) is -0.853. The Labute approximate surface area is 240 Å². The Morgan fingerprint density at radius 1 is 0.897 bits per heavy atom. The molecule has 0 unspecified atom stereocenters. The zero-order chi connectivity index (χ0) is 28.7. The second-order valence-corrected chi connectivity index (χ2v) is 11.9. The number of halogens is 2. The van der Waals surface area contributed by atoms with Crippen molar-refractivity contribution in [2.24, 2.45) is 0 Å². The van der Waals surface area contributed by atoms with Crippen LogP contribution in [0.5, 0.6) is 0 Å². The van der Waals surface area contributed by atoms with Gasteiger partial charge in [-0.15, -0.1) is 0 Å². The number of aryl methyl sites for hydroxylation is 2. The third-order valence-corrected chi connectivity index (χ3v) is 8.99. The zero-order valence-electron chi connectivity index (χ0n) is 22.4. The van der Waals surface area contributed by atoms with Crippen LogP contribution in [-0.2, 0) is 26.2 Å². The molecule has 0 radical (unpaired) electrons. The topological polar surface area (TPSA) is 86.8 Å². The first-order valence-corrected chi connectivity index (χ1v) is 14.8. The van der Waals surface area contributed by atoms with E-state index in [1.807, 2.05) is 19.9 Å². The first-order valence-electron chi connectivity index (χ1n) is 12.7. The zero-order valence-corrected chi connectivity index (χ0v) is 24.8. The number of hydrogen-bond donors (Lipinski definition) is 1. The molecule has 1 N–H and O–H groups in total. The number of rotatable bonds is 11. The number of nitrogens with one attached hydrogen (secondary N) is 1. The Kier molecular flexibility index (Phi) is 10.4. The molecule has 0 saturated carbocycles. The Morgan fingerprint density at radius 2 is 1.59 bits per heavy atom. The normalized spacial score (nSPS) is 12.1. The van der Waals surface area contributed by atoms with Crippen molar-refractivity contribution in [3.63, 3.8) is 0 Å². The predicted molar refractivity (Wildman–Crippen MR) is 157 cm³/mol. The second-order valence-electron chi connectivity index (χ2n) is 9.18. The molecular weight excluding hydrogens is 557 g/mol. The van der Waals surface area contributed by atoms with Gasteiger partial charge in [0, 0.05) is 13.1 Å². The van der Waals surface area contributed by atoms with E-state index in [2.05, 4.69) is 5.32 Å². The van der Waals surface area contributed by atoms with Gasteiger partial charge in [0.1, 0.15) is 12.6 Å². The van der Waals surface area contributed by atoms with Crippen LogP contribution in [0.4, 0.5) is 5.69 Å². The summed E-state index contributed by atoms with van der Waals surface area (Å²) in [6, 6.07) is 17.4. The van der Waals surface area contributed by atoms with Crippen molar-refractivity contribution in [1.29, 1.82) is 0 Å². The first-order chi connectivity index (χ1) is 18.5. The van der Waals surface area contributed by atoms with Gasteiger partial charge in [-0.3, -0.25) is 13.9 Å². The largest absolute Gasteiger partial charge is 0.355 e. The molecule has 0 aliphatic carbocycles. The Bertz CT molecular complexity index is 1430. The number of benzene rings is 3. The minimum atomic E-state index is -4.11. The van der Waals surface area contributed by atoms with Gasteiger partial charge in [0.25, 0.3) is 10.0 Å². The van der Waals surface area contributed by atoms with Crippen molar-refractivity contribution in [1.82, 2.24) is 10.2 Å². The molecule has 2 amide bonds. The van der Waals surface area contributed by atoms with Gasteiger partial charge in [0.2, 0.25) is 11.8 Å². The van der Waals surface area contributed by atoms with Gasteiger partial charge in [-0.05, 0) is 80.3 Å². The summed E-state index contributed by atoms with van der Waals surface area (Å²) >= 11 is 12.3. The van der Waals surface area contributed by atoms with Crippen LogP contribution >= 0.6 is 23.2 Å². The number of amides is 2. The number of likely N-dealkylation sites (N-methyl/N-ethyl adjacent to an activating group) is 1. The fourth-order valence-electron chi connectivity index (χ4n) is 4.18. The molecule has 39 heavy (non-hydrogen) atoms. The number of anilines is 1. The Hall–Kier alpha value is -3.07. The molecule has 3 aromatic rings. The van der Waals surface area contributed by atoms with E-state index in [4.69, 9.17) is 23.2 Å². The molecule has 0 saturated heterocycles. The van der Waals surface area contributed by atoms with Crippen molar-refractivity contribution in [2.45, 2.75) is 51.6 Å². The summed E-state index contributed by atoms with van der Waals surface area (Å²) in [6.45, 7) is 7.33. The molecule has 0 aliphatic rings. The summed E-state index contributed by atoms with van der Waals surface area (Å²) in [7, 11) is -4.11. The number of sulfonamides is 1. The molecule has 1 atom stereocenters. The minimum Gasteiger partial charge on any atom is -0.355 e. The summed E-state index contributed by atoms with van der Waals surface area (Å²) in [5.41, 5.74) is 2.89. The van der Waals surface area contributed by atoms with Crippen LogP contribution in [0.3, 0.4) is 0 Å². The molecule has 208 valence electrons. The quantitative estimate of drug-likeness (QED) is 0.308. The molecule has 7 nitrogen and oxygen atoms in total. The summed E-state index contributed by atoms with van der Waals surface area (Å²) in [5, 5.41) is 3.46. The van der Waals surface area contributed by atoms with Gasteiger partial charge < -0.3 is 10.2 Å². The molecule has 0 bridgehead atoms. The van der Waals surface area contributed by atoms with Crippen LogP contribution in [0.2, 0.25) is 10.0 Å². The number of nitrogens with zero attached hydrogens (tertiary/aromatic N) is 2. The van der Waals surface area contributed by atoms with Gasteiger partial charge in [0.05, 0.1) is 20.6 Å². The van der Waals surface area contributed by atoms with E-state index in [0.29, 0.717) is 34.3 Å². The lowest BCUT2D eigenvalue weighted by Crippen LogP contribution is -2.52. The highest BCUT2D eigenvalue weighted by Crippen LogP contribution is 2.28. The molecule has 3 rings (SSSR count). The van der Waals surface area contributed by atoms with Crippen molar-refractivity contribution in [2.75, 3.05) is 17.4 Å². The van der Waals surface area contributed by atoms with Crippen molar-refractivity contribution in [3.05, 3.63) is 93.5 Å². The highest BCUT2D eigenvalue weighted by atomic mass is 35.5. The van der Waals surface area contributed by atoms with Gasteiger partial charge in [-0.1, -0.05) is 60.5 Å². The van der Waals surface area contributed by atoms with Crippen LogP contribution in [0.1, 0.15) is 37.0 Å². The van der Waals surface area contributed by atoms with Gasteiger partial charge >= 0.3 is 0 Å². The van der Waals surface area contributed by atoms with Crippen molar-refractivity contribution < 1.29 is 18.0 Å². The average molecular weight is 591 g/mol. The lowest BCUT2D eigenvalue weighted by atomic mass is 10.1. The summed E-state index contributed by atoms with van der Waals surface area (Å²) in [6.07, 6.45) is 0.327. The molecule has 0 spiro atoms. The number of carbonyl (C=O) groups is 2. The molecule has 0 fully saturated rings. The fraction of sp³-hybridized carbons (Fsp3) is 0.310. The van der Waals surface area contributed by atoms with E-state index < -0.39 is 28.5 Å².